The third kappa shape index (κ3) is 4.31. The second-order valence-electron chi connectivity index (χ2n) is 3.59. The van der Waals surface area contributed by atoms with Crippen molar-refractivity contribution < 1.29 is 0 Å². The molecule has 1 aromatic carbocycles. The highest BCUT2D eigenvalue weighted by Crippen LogP contribution is 2.29. The van der Waals surface area contributed by atoms with Crippen LogP contribution in [0.4, 0.5) is 5.69 Å². The maximum absolute atomic E-state index is 6.04. The van der Waals surface area contributed by atoms with Gasteiger partial charge >= 0.3 is 0 Å². The van der Waals surface area contributed by atoms with Crippen LogP contribution in [0.15, 0.2) is 18.2 Å². The molecule has 3 heteroatoms. The fourth-order valence-electron chi connectivity index (χ4n) is 1.42. The molecule has 0 amide bonds. The van der Waals surface area contributed by atoms with Gasteiger partial charge in [-0.05, 0) is 18.6 Å². The Morgan fingerprint density at radius 3 is 2.67 bits per heavy atom. The number of hydrogen-bond donors (Lipinski definition) is 1. The minimum atomic E-state index is 0.607. The van der Waals surface area contributed by atoms with Crippen molar-refractivity contribution in [3.8, 4) is 0 Å². The van der Waals surface area contributed by atoms with Gasteiger partial charge in [-0.1, -0.05) is 55.5 Å². The number of anilines is 1. The average Bonchev–Trinajstić information content (AvgIpc) is 2.24. The van der Waals surface area contributed by atoms with Crippen molar-refractivity contribution in [1.82, 2.24) is 0 Å². The lowest BCUT2D eigenvalue weighted by Gasteiger charge is -2.08. The van der Waals surface area contributed by atoms with Crippen LogP contribution in [0.25, 0.3) is 0 Å². The standard InChI is InChI=1S/C12H17Cl2N/c1-2-3-4-5-9-15-11-8-6-7-10(13)12(11)14/h6-8,15H,2-5,9H2,1H3. The maximum atomic E-state index is 6.04. The Morgan fingerprint density at radius 1 is 1.13 bits per heavy atom. The van der Waals surface area contributed by atoms with Gasteiger partial charge in [0.2, 0.25) is 0 Å². The summed E-state index contributed by atoms with van der Waals surface area (Å²) in [4.78, 5) is 0. The van der Waals surface area contributed by atoms with E-state index >= 15 is 0 Å². The Hall–Kier alpha value is -0.400. The van der Waals surface area contributed by atoms with E-state index in [0.717, 1.165) is 12.2 Å². The van der Waals surface area contributed by atoms with Gasteiger partial charge in [-0.25, -0.2) is 0 Å². The summed E-state index contributed by atoms with van der Waals surface area (Å²) in [5.74, 6) is 0. The second kappa shape index (κ2) is 6.97. The molecule has 1 nitrogen and oxygen atoms in total. The van der Waals surface area contributed by atoms with Crippen LogP contribution in [0, 0.1) is 0 Å². The molecule has 0 unspecified atom stereocenters. The van der Waals surface area contributed by atoms with Gasteiger partial charge in [0.15, 0.2) is 0 Å². The van der Waals surface area contributed by atoms with Gasteiger partial charge in [0.25, 0.3) is 0 Å². The van der Waals surface area contributed by atoms with E-state index in [4.69, 9.17) is 23.2 Å². The first-order chi connectivity index (χ1) is 7.25. The topological polar surface area (TPSA) is 12.0 Å². The van der Waals surface area contributed by atoms with Crippen molar-refractivity contribution >= 4 is 28.9 Å². The molecule has 15 heavy (non-hydrogen) atoms. The van der Waals surface area contributed by atoms with E-state index in [9.17, 15) is 0 Å². The smallest absolute Gasteiger partial charge is 0.0823 e. The molecule has 1 N–H and O–H groups in total. The largest absolute Gasteiger partial charge is 0.384 e. The van der Waals surface area contributed by atoms with Gasteiger partial charge in [-0.2, -0.15) is 0 Å². The Labute approximate surface area is 102 Å². The second-order valence-corrected chi connectivity index (χ2v) is 4.37. The molecule has 0 aliphatic heterocycles. The maximum Gasteiger partial charge on any atom is 0.0823 e. The highest BCUT2D eigenvalue weighted by atomic mass is 35.5. The van der Waals surface area contributed by atoms with E-state index in [0.29, 0.717) is 10.0 Å². The summed E-state index contributed by atoms with van der Waals surface area (Å²) >= 11 is 11.9. The summed E-state index contributed by atoms with van der Waals surface area (Å²) in [6, 6.07) is 5.66. The molecule has 0 aliphatic rings. The van der Waals surface area contributed by atoms with Gasteiger partial charge in [-0.3, -0.25) is 0 Å². The molecule has 0 bridgehead atoms. The zero-order valence-electron chi connectivity index (χ0n) is 9.02. The molecule has 0 radical (unpaired) electrons. The number of benzene rings is 1. The minimum Gasteiger partial charge on any atom is -0.384 e. The molecule has 0 fully saturated rings. The molecule has 0 atom stereocenters. The van der Waals surface area contributed by atoms with Crippen LogP contribution in [-0.2, 0) is 0 Å². The molecule has 0 saturated carbocycles. The predicted molar refractivity (Wildman–Crippen MR) is 69.1 cm³/mol. The summed E-state index contributed by atoms with van der Waals surface area (Å²) in [6.07, 6.45) is 5.00. The van der Waals surface area contributed by atoms with E-state index < -0.39 is 0 Å². The van der Waals surface area contributed by atoms with E-state index in [1.54, 1.807) is 6.07 Å². The third-order valence-electron chi connectivity index (χ3n) is 2.30. The quantitative estimate of drug-likeness (QED) is 0.697. The summed E-state index contributed by atoms with van der Waals surface area (Å²) in [7, 11) is 0. The van der Waals surface area contributed by atoms with Crippen molar-refractivity contribution in [2.75, 3.05) is 11.9 Å². The lowest BCUT2D eigenvalue weighted by atomic mass is 10.2. The Morgan fingerprint density at radius 2 is 1.93 bits per heavy atom. The van der Waals surface area contributed by atoms with Gasteiger partial charge in [0, 0.05) is 6.54 Å². The molecule has 84 valence electrons. The van der Waals surface area contributed by atoms with Crippen molar-refractivity contribution in [1.29, 1.82) is 0 Å². The molecule has 0 heterocycles. The van der Waals surface area contributed by atoms with E-state index in [1.165, 1.54) is 25.7 Å². The lowest BCUT2D eigenvalue weighted by Crippen LogP contribution is -2.01. The molecule has 0 aromatic heterocycles. The average molecular weight is 246 g/mol. The number of unbranched alkanes of at least 4 members (excludes halogenated alkanes) is 3. The summed E-state index contributed by atoms with van der Waals surface area (Å²) in [5.41, 5.74) is 0.931. The van der Waals surface area contributed by atoms with E-state index in [1.807, 2.05) is 12.1 Å². The van der Waals surface area contributed by atoms with Crippen molar-refractivity contribution in [2.24, 2.45) is 0 Å². The molecule has 0 spiro atoms. The van der Waals surface area contributed by atoms with Gasteiger partial charge in [-0.15, -0.1) is 0 Å². The molecular formula is C12H17Cl2N. The lowest BCUT2D eigenvalue weighted by molar-refractivity contribution is 0.685. The molecule has 1 aromatic rings. The van der Waals surface area contributed by atoms with E-state index in [-0.39, 0.29) is 0 Å². The number of nitrogens with one attached hydrogen (secondary N) is 1. The van der Waals surface area contributed by atoms with Gasteiger partial charge in [0.05, 0.1) is 15.7 Å². The van der Waals surface area contributed by atoms with Crippen LogP contribution in [0.5, 0.6) is 0 Å². The van der Waals surface area contributed by atoms with Gasteiger partial charge in [0.1, 0.15) is 0 Å². The Bertz CT molecular complexity index is 300. The van der Waals surface area contributed by atoms with Crippen LogP contribution in [0.1, 0.15) is 32.6 Å². The first-order valence-corrected chi connectivity index (χ1v) is 6.19. The minimum absolute atomic E-state index is 0.607. The van der Waals surface area contributed by atoms with Gasteiger partial charge < -0.3 is 5.32 Å². The number of halogens is 2. The fraction of sp³-hybridized carbons (Fsp3) is 0.500. The third-order valence-corrected chi connectivity index (χ3v) is 3.12. The molecule has 1 rings (SSSR count). The summed E-state index contributed by atoms with van der Waals surface area (Å²) in [6.45, 7) is 3.17. The highest BCUT2D eigenvalue weighted by molar-refractivity contribution is 6.43. The van der Waals surface area contributed by atoms with Crippen molar-refractivity contribution in [2.45, 2.75) is 32.6 Å². The van der Waals surface area contributed by atoms with Crippen LogP contribution in [0.3, 0.4) is 0 Å². The van der Waals surface area contributed by atoms with Crippen LogP contribution in [0.2, 0.25) is 10.0 Å². The first-order valence-electron chi connectivity index (χ1n) is 5.43. The van der Waals surface area contributed by atoms with Crippen LogP contribution < -0.4 is 5.32 Å². The molecular weight excluding hydrogens is 229 g/mol. The number of hydrogen-bond acceptors (Lipinski definition) is 1. The molecule has 0 saturated heterocycles. The van der Waals surface area contributed by atoms with E-state index in [2.05, 4.69) is 12.2 Å². The number of rotatable bonds is 6. The van der Waals surface area contributed by atoms with Crippen LogP contribution >= 0.6 is 23.2 Å². The summed E-state index contributed by atoms with van der Waals surface area (Å²) in [5, 5.41) is 4.52. The first kappa shape index (κ1) is 12.7. The van der Waals surface area contributed by atoms with Crippen molar-refractivity contribution in [3.63, 3.8) is 0 Å². The fourth-order valence-corrected chi connectivity index (χ4v) is 1.78. The SMILES string of the molecule is CCCCCCNc1cccc(Cl)c1Cl. The zero-order valence-corrected chi connectivity index (χ0v) is 10.5. The Kier molecular flexibility index (Phi) is 5.89. The summed E-state index contributed by atoms with van der Waals surface area (Å²) < 4.78 is 0. The monoisotopic (exact) mass is 245 g/mol. The van der Waals surface area contributed by atoms with Crippen molar-refractivity contribution in [3.05, 3.63) is 28.2 Å². The Balaban J connectivity index is 2.34. The highest BCUT2D eigenvalue weighted by Gasteiger charge is 2.02. The molecule has 0 aliphatic carbocycles. The normalized spacial score (nSPS) is 10.3. The zero-order chi connectivity index (χ0) is 11.1. The van der Waals surface area contributed by atoms with Crippen LogP contribution in [-0.4, -0.2) is 6.54 Å². The predicted octanol–water partition coefficient (Wildman–Crippen LogP) is 4.99.